The second-order valence-corrected chi connectivity index (χ2v) is 6.69. The second-order valence-electron chi connectivity index (χ2n) is 6.69. The SMILES string of the molecule is CC(C)(C)OC(=O)NCC(NC1CCCCCC1)C(N)=O. The molecule has 0 bridgehead atoms. The molecule has 2 amide bonds. The lowest BCUT2D eigenvalue weighted by Crippen LogP contribution is -2.52. The van der Waals surface area contributed by atoms with Gasteiger partial charge in [0.2, 0.25) is 5.91 Å². The molecule has 1 atom stereocenters. The average molecular weight is 299 g/mol. The largest absolute Gasteiger partial charge is 0.444 e. The maximum Gasteiger partial charge on any atom is 0.407 e. The van der Waals surface area contributed by atoms with Crippen molar-refractivity contribution in [2.24, 2.45) is 5.73 Å². The minimum Gasteiger partial charge on any atom is -0.444 e. The third kappa shape index (κ3) is 7.90. The minimum atomic E-state index is -0.555. The Morgan fingerprint density at radius 1 is 1.19 bits per heavy atom. The molecule has 4 N–H and O–H groups in total. The molecule has 0 spiro atoms. The Kier molecular flexibility index (Phi) is 6.95. The van der Waals surface area contributed by atoms with Gasteiger partial charge in [-0.2, -0.15) is 0 Å². The molecule has 0 aliphatic heterocycles. The van der Waals surface area contributed by atoms with Gasteiger partial charge in [0.25, 0.3) is 0 Å². The second kappa shape index (κ2) is 8.22. The fourth-order valence-corrected chi connectivity index (χ4v) is 2.47. The van der Waals surface area contributed by atoms with Gasteiger partial charge in [-0.15, -0.1) is 0 Å². The van der Waals surface area contributed by atoms with E-state index in [1.807, 2.05) is 0 Å². The van der Waals surface area contributed by atoms with E-state index in [9.17, 15) is 9.59 Å². The summed E-state index contributed by atoms with van der Waals surface area (Å²) in [6.07, 6.45) is 6.40. The van der Waals surface area contributed by atoms with E-state index in [0.29, 0.717) is 6.04 Å². The van der Waals surface area contributed by atoms with Gasteiger partial charge in [0.05, 0.1) is 0 Å². The molecule has 122 valence electrons. The minimum absolute atomic E-state index is 0.154. The molecular weight excluding hydrogens is 270 g/mol. The number of alkyl carbamates (subject to hydrolysis) is 1. The number of primary amides is 1. The molecule has 0 aromatic rings. The maximum atomic E-state index is 11.6. The number of rotatable bonds is 5. The number of hydrogen-bond acceptors (Lipinski definition) is 4. The van der Waals surface area contributed by atoms with Gasteiger partial charge in [0.15, 0.2) is 0 Å². The number of nitrogens with one attached hydrogen (secondary N) is 2. The number of ether oxygens (including phenoxy) is 1. The lowest BCUT2D eigenvalue weighted by atomic mass is 10.1. The molecule has 21 heavy (non-hydrogen) atoms. The van der Waals surface area contributed by atoms with Crippen molar-refractivity contribution >= 4 is 12.0 Å². The number of carbonyl (C=O) groups excluding carboxylic acids is 2. The topological polar surface area (TPSA) is 93.4 Å². The molecule has 1 aliphatic rings. The summed E-state index contributed by atoms with van der Waals surface area (Å²) in [6.45, 7) is 5.53. The van der Waals surface area contributed by atoms with Gasteiger partial charge in [-0.1, -0.05) is 25.7 Å². The standard InChI is InChI=1S/C15H29N3O3/c1-15(2,3)21-14(20)17-10-12(13(16)19)18-11-8-6-4-5-7-9-11/h11-12,18H,4-10H2,1-3H3,(H2,16,19)(H,17,20). The summed E-state index contributed by atoms with van der Waals surface area (Å²) in [5.41, 5.74) is 4.86. The van der Waals surface area contributed by atoms with Crippen LogP contribution in [-0.2, 0) is 9.53 Å². The van der Waals surface area contributed by atoms with Crippen molar-refractivity contribution in [2.75, 3.05) is 6.54 Å². The highest BCUT2D eigenvalue weighted by molar-refractivity contribution is 5.81. The molecule has 0 saturated heterocycles. The molecule has 0 aromatic heterocycles. The molecule has 0 aromatic carbocycles. The van der Waals surface area contributed by atoms with Crippen molar-refractivity contribution < 1.29 is 14.3 Å². The summed E-state index contributed by atoms with van der Waals surface area (Å²) in [4.78, 5) is 23.1. The molecular formula is C15H29N3O3. The zero-order valence-corrected chi connectivity index (χ0v) is 13.4. The number of hydrogen-bond donors (Lipinski definition) is 3. The average Bonchev–Trinajstić information content (AvgIpc) is 2.60. The Morgan fingerprint density at radius 2 is 1.76 bits per heavy atom. The predicted octanol–water partition coefficient (Wildman–Crippen LogP) is 1.68. The summed E-state index contributed by atoms with van der Waals surface area (Å²) >= 11 is 0. The van der Waals surface area contributed by atoms with Crippen LogP contribution in [0.4, 0.5) is 4.79 Å². The van der Waals surface area contributed by atoms with Crippen molar-refractivity contribution in [2.45, 2.75) is 77.0 Å². The Hall–Kier alpha value is -1.30. The zero-order chi connectivity index (χ0) is 15.9. The molecule has 0 radical (unpaired) electrons. The van der Waals surface area contributed by atoms with Gasteiger partial charge in [-0.05, 0) is 33.6 Å². The molecule has 6 heteroatoms. The van der Waals surface area contributed by atoms with E-state index in [2.05, 4.69) is 10.6 Å². The fourth-order valence-electron chi connectivity index (χ4n) is 2.47. The van der Waals surface area contributed by atoms with E-state index in [-0.39, 0.29) is 6.54 Å². The lowest BCUT2D eigenvalue weighted by molar-refractivity contribution is -0.120. The third-order valence-electron chi connectivity index (χ3n) is 3.48. The Balaban J connectivity index is 2.42. The predicted molar refractivity (Wildman–Crippen MR) is 81.8 cm³/mol. The smallest absolute Gasteiger partial charge is 0.407 e. The van der Waals surface area contributed by atoms with Crippen LogP contribution in [0, 0.1) is 0 Å². The lowest BCUT2D eigenvalue weighted by Gasteiger charge is -2.24. The van der Waals surface area contributed by atoms with Crippen LogP contribution in [0.1, 0.15) is 59.3 Å². The van der Waals surface area contributed by atoms with Gasteiger partial charge < -0.3 is 21.1 Å². The monoisotopic (exact) mass is 299 g/mol. The molecule has 1 saturated carbocycles. The Bertz CT molecular complexity index is 345. The van der Waals surface area contributed by atoms with E-state index in [1.165, 1.54) is 25.7 Å². The van der Waals surface area contributed by atoms with Crippen LogP contribution in [-0.4, -0.2) is 36.2 Å². The van der Waals surface area contributed by atoms with Crippen LogP contribution in [0.5, 0.6) is 0 Å². The zero-order valence-electron chi connectivity index (χ0n) is 13.4. The highest BCUT2D eigenvalue weighted by atomic mass is 16.6. The van der Waals surface area contributed by atoms with Crippen molar-refractivity contribution in [1.29, 1.82) is 0 Å². The first-order valence-electron chi connectivity index (χ1n) is 7.80. The summed E-state index contributed by atoms with van der Waals surface area (Å²) < 4.78 is 5.15. The highest BCUT2D eigenvalue weighted by Gasteiger charge is 2.23. The summed E-state index contributed by atoms with van der Waals surface area (Å²) in [5, 5.41) is 5.87. The number of nitrogens with two attached hydrogens (primary N) is 1. The van der Waals surface area contributed by atoms with E-state index >= 15 is 0 Å². The van der Waals surface area contributed by atoms with Crippen molar-refractivity contribution in [3.8, 4) is 0 Å². The van der Waals surface area contributed by atoms with Crippen LogP contribution in [0.15, 0.2) is 0 Å². The molecule has 1 fully saturated rings. The first kappa shape index (κ1) is 17.8. The first-order chi connectivity index (χ1) is 9.78. The summed E-state index contributed by atoms with van der Waals surface area (Å²) in [7, 11) is 0. The maximum absolute atomic E-state index is 11.6. The molecule has 1 rings (SSSR count). The van der Waals surface area contributed by atoms with Crippen LogP contribution in [0.2, 0.25) is 0 Å². The summed E-state index contributed by atoms with van der Waals surface area (Å²) in [5.74, 6) is -0.449. The van der Waals surface area contributed by atoms with Crippen LogP contribution < -0.4 is 16.4 Å². The molecule has 6 nitrogen and oxygen atoms in total. The molecule has 1 aliphatic carbocycles. The summed E-state index contributed by atoms with van der Waals surface area (Å²) in [6, 6.07) is -0.258. The highest BCUT2D eigenvalue weighted by Crippen LogP contribution is 2.17. The fraction of sp³-hybridized carbons (Fsp3) is 0.867. The van der Waals surface area contributed by atoms with E-state index in [1.54, 1.807) is 20.8 Å². The van der Waals surface area contributed by atoms with Gasteiger partial charge in [0, 0.05) is 12.6 Å². The van der Waals surface area contributed by atoms with Gasteiger partial charge in [0.1, 0.15) is 11.6 Å². The van der Waals surface area contributed by atoms with Crippen molar-refractivity contribution in [3.63, 3.8) is 0 Å². The molecule has 0 heterocycles. The van der Waals surface area contributed by atoms with Crippen LogP contribution in [0.3, 0.4) is 0 Å². The van der Waals surface area contributed by atoms with Crippen LogP contribution >= 0.6 is 0 Å². The van der Waals surface area contributed by atoms with E-state index < -0.39 is 23.6 Å². The van der Waals surface area contributed by atoms with Gasteiger partial charge >= 0.3 is 6.09 Å². The van der Waals surface area contributed by atoms with Gasteiger partial charge in [-0.3, -0.25) is 4.79 Å². The Morgan fingerprint density at radius 3 is 2.24 bits per heavy atom. The van der Waals surface area contributed by atoms with Crippen molar-refractivity contribution in [1.82, 2.24) is 10.6 Å². The number of carbonyl (C=O) groups is 2. The first-order valence-corrected chi connectivity index (χ1v) is 7.80. The van der Waals surface area contributed by atoms with Crippen molar-refractivity contribution in [3.05, 3.63) is 0 Å². The quantitative estimate of drug-likeness (QED) is 0.673. The Labute approximate surface area is 127 Å². The third-order valence-corrected chi connectivity index (χ3v) is 3.48. The normalized spacial score (nSPS) is 18.6. The number of amides is 2. The van der Waals surface area contributed by atoms with Gasteiger partial charge in [-0.25, -0.2) is 4.79 Å². The molecule has 1 unspecified atom stereocenters. The van der Waals surface area contributed by atoms with E-state index in [0.717, 1.165) is 12.8 Å². The van der Waals surface area contributed by atoms with Crippen LogP contribution in [0.25, 0.3) is 0 Å². The van der Waals surface area contributed by atoms with E-state index in [4.69, 9.17) is 10.5 Å².